The highest BCUT2D eigenvalue weighted by Gasteiger charge is 2.39. The van der Waals surface area contributed by atoms with Crippen molar-refractivity contribution in [2.45, 2.75) is 19.3 Å². The van der Waals surface area contributed by atoms with Crippen LogP contribution in [0.1, 0.15) is 27.0 Å². The number of amides is 3. The van der Waals surface area contributed by atoms with Crippen molar-refractivity contribution < 1.29 is 35.9 Å². The molecule has 0 atom stereocenters. The summed E-state index contributed by atoms with van der Waals surface area (Å²) >= 11 is 0. The number of alkyl halides is 6. The highest BCUT2D eigenvalue weighted by molar-refractivity contribution is 6.12. The Hall–Kier alpha value is -3.83. The van der Waals surface area contributed by atoms with Crippen LogP contribution in [0.4, 0.5) is 42.5 Å². The van der Waals surface area contributed by atoms with Gasteiger partial charge in [0.15, 0.2) is 0 Å². The van der Waals surface area contributed by atoms with E-state index in [1.54, 1.807) is 24.9 Å². The average molecular weight is 496 g/mol. The van der Waals surface area contributed by atoms with Crippen molar-refractivity contribution >= 4 is 34.2 Å². The number of anilines is 2. The predicted octanol–water partition coefficient (Wildman–Crippen LogP) is 5.70. The highest BCUT2D eigenvalue weighted by Crippen LogP contribution is 2.38. The molecule has 1 aromatic heterocycles. The first-order chi connectivity index (χ1) is 16.3. The maximum absolute atomic E-state index is 13.5. The summed E-state index contributed by atoms with van der Waals surface area (Å²) in [6.45, 7) is 2.65. The number of rotatable bonds is 3. The number of benzene rings is 2. The van der Waals surface area contributed by atoms with Crippen LogP contribution in [0, 0.1) is 6.92 Å². The Kier molecular flexibility index (Phi) is 5.86. The maximum Gasteiger partial charge on any atom is 0.417 e. The number of halogens is 6. The molecule has 184 valence electrons. The van der Waals surface area contributed by atoms with E-state index in [0.29, 0.717) is 41.9 Å². The summed E-state index contributed by atoms with van der Waals surface area (Å²) < 4.78 is 79.4. The monoisotopic (exact) mass is 496 g/mol. The van der Waals surface area contributed by atoms with Gasteiger partial charge in [0.2, 0.25) is 0 Å². The molecule has 0 spiro atoms. The van der Waals surface area contributed by atoms with Gasteiger partial charge in [0.25, 0.3) is 5.91 Å². The summed E-state index contributed by atoms with van der Waals surface area (Å²) in [4.78, 5) is 32.7. The number of likely N-dealkylation sites (N-methyl/N-ethyl adjacent to an activating group) is 1. The summed E-state index contributed by atoms with van der Waals surface area (Å²) in [5.74, 6) is -1.25. The zero-order chi connectivity index (χ0) is 25.7. The standard InChI is InChI=1S/C23H18F6N4O2/c1-12-11-30-18-15(19(12)33-9-8-32(2)21(33)35)4-3-5-17(18)31-20(34)14-7-6-13(22(24,25)26)10-16(14)23(27,28)29/h3-7,10-11H,8-9H2,1-2H3,(H,31,34). The van der Waals surface area contributed by atoms with Gasteiger partial charge >= 0.3 is 18.4 Å². The van der Waals surface area contributed by atoms with Gasteiger partial charge in [-0.2, -0.15) is 26.3 Å². The third-order valence-electron chi connectivity index (χ3n) is 5.68. The van der Waals surface area contributed by atoms with E-state index in [4.69, 9.17) is 0 Å². The lowest BCUT2D eigenvalue weighted by atomic mass is 10.0. The fraction of sp³-hybridized carbons (Fsp3) is 0.261. The molecule has 0 bridgehead atoms. The molecule has 35 heavy (non-hydrogen) atoms. The Bertz CT molecular complexity index is 1340. The molecule has 0 radical (unpaired) electrons. The molecular weight excluding hydrogens is 478 g/mol. The number of para-hydroxylation sites is 1. The lowest BCUT2D eigenvalue weighted by Gasteiger charge is -2.21. The van der Waals surface area contributed by atoms with E-state index in [9.17, 15) is 35.9 Å². The molecule has 6 nitrogen and oxygen atoms in total. The SMILES string of the molecule is Cc1cnc2c(NC(=O)c3ccc(C(F)(F)F)cc3C(F)(F)F)cccc2c1N1CCN(C)C1=O. The Morgan fingerprint density at radius 3 is 2.34 bits per heavy atom. The molecule has 1 fully saturated rings. The van der Waals surface area contributed by atoms with Crippen molar-refractivity contribution in [3.63, 3.8) is 0 Å². The third kappa shape index (κ3) is 4.47. The van der Waals surface area contributed by atoms with Gasteiger partial charge in [-0.3, -0.25) is 14.7 Å². The van der Waals surface area contributed by atoms with E-state index >= 15 is 0 Å². The topological polar surface area (TPSA) is 65.5 Å². The van der Waals surface area contributed by atoms with Crippen LogP contribution in [0.15, 0.2) is 42.6 Å². The van der Waals surface area contributed by atoms with Gasteiger partial charge in [0, 0.05) is 31.7 Å². The van der Waals surface area contributed by atoms with Gasteiger partial charge in [0.1, 0.15) is 0 Å². The second kappa shape index (κ2) is 8.43. The van der Waals surface area contributed by atoms with Crippen molar-refractivity contribution in [3.05, 3.63) is 64.8 Å². The molecule has 0 saturated carbocycles. The minimum Gasteiger partial charge on any atom is -0.326 e. The number of pyridine rings is 1. The average Bonchev–Trinajstić information content (AvgIpc) is 3.10. The van der Waals surface area contributed by atoms with Gasteiger partial charge in [-0.25, -0.2) is 4.79 Å². The van der Waals surface area contributed by atoms with Crippen molar-refractivity contribution in [1.82, 2.24) is 9.88 Å². The summed E-state index contributed by atoms with van der Waals surface area (Å²) in [6, 6.07) is 5.18. The van der Waals surface area contributed by atoms with Crippen LogP contribution in [0.3, 0.4) is 0 Å². The zero-order valence-corrected chi connectivity index (χ0v) is 18.4. The molecule has 3 amide bonds. The summed E-state index contributed by atoms with van der Waals surface area (Å²) in [5, 5.41) is 2.81. The van der Waals surface area contributed by atoms with Crippen LogP contribution < -0.4 is 10.2 Å². The molecule has 12 heteroatoms. The maximum atomic E-state index is 13.5. The normalized spacial score (nSPS) is 14.7. The number of fused-ring (bicyclic) bond motifs is 1. The smallest absolute Gasteiger partial charge is 0.326 e. The number of urea groups is 1. The van der Waals surface area contributed by atoms with Crippen molar-refractivity contribution in [3.8, 4) is 0 Å². The Balaban J connectivity index is 1.77. The lowest BCUT2D eigenvalue weighted by Crippen LogP contribution is -2.30. The molecule has 1 aliphatic rings. The fourth-order valence-corrected chi connectivity index (χ4v) is 3.97. The van der Waals surface area contributed by atoms with E-state index in [1.807, 2.05) is 0 Å². The van der Waals surface area contributed by atoms with Gasteiger partial charge in [-0.1, -0.05) is 12.1 Å². The van der Waals surface area contributed by atoms with E-state index in [2.05, 4.69) is 10.3 Å². The first-order valence-electron chi connectivity index (χ1n) is 10.3. The Morgan fingerprint density at radius 1 is 1.03 bits per heavy atom. The predicted molar refractivity (Wildman–Crippen MR) is 116 cm³/mol. The van der Waals surface area contributed by atoms with Crippen molar-refractivity contribution in [1.29, 1.82) is 0 Å². The van der Waals surface area contributed by atoms with E-state index < -0.39 is 35.0 Å². The molecule has 3 aromatic rings. The van der Waals surface area contributed by atoms with Crippen LogP contribution >= 0.6 is 0 Å². The number of hydrogen-bond donors (Lipinski definition) is 1. The van der Waals surface area contributed by atoms with Gasteiger partial charge < -0.3 is 10.2 Å². The van der Waals surface area contributed by atoms with Crippen LogP contribution in [0.5, 0.6) is 0 Å². The third-order valence-corrected chi connectivity index (χ3v) is 5.68. The minimum atomic E-state index is -5.20. The largest absolute Gasteiger partial charge is 0.417 e. The summed E-state index contributed by atoms with van der Waals surface area (Å²) in [5.41, 5.74) is -2.72. The number of nitrogens with zero attached hydrogens (tertiary/aromatic N) is 3. The molecule has 0 unspecified atom stereocenters. The molecule has 1 N–H and O–H groups in total. The zero-order valence-electron chi connectivity index (χ0n) is 18.4. The first-order valence-corrected chi connectivity index (χ1v) is 10.3. The quantitative estimate of drug-likeness (QED) is 0.473. The fourth-order valence-electron chi connectivity index (χ4n) is 3.97. The number of aryl methyl sites for hydroxylation is 1. The van der Waals surface area contributed by atoms with Crippen molar-refractivity contribution in [2.75, 3.05) is 30.4 Å². The number of aromatic nitrogens is 1. The second-order valence-electron chi connectivity index (χ2n) is 8.06. The van der Waals surface area contributed by atoms with E-state index in [0.717, 1.165) is 0 Å². The highest BCUT2D eigenvalue weighted by atomic mass is 19.4. The van der Waals surface area contributed by atoms with Crippen LogP contribution in [0.2, 0.25) is 0 Å². The van der Waals surface area contributed by atoms with Crippen LogP contribution in [-0.2, 0) is 12.4 Å². The molecular formula is C23H18F6N4O2. The molecule has 1 saturated heterocycles. The number of carbonyl (C=O) groups is 2. The van der Waals surface area contributed by atoms with Crippen molar-refractivity contribution in [2.24, 2.45) is 0 Å². The number of carbonyl (C=O) groups excluding carboxylic acids is 2. The first kappa shape index (κ1) is 24.3. The lowest BCUT2D eigenvalue weighted by molar-refractivity contribution is -0.143. The van der Waals surface area contributed by atoms with E-state index in [-0.39, 0.29) is 23.3 Å². The number of hydrogen-bond acceptors (Lipinski definition) is 3. The summed E-state index contributed by atoms with van der Waals surface area (Å²) in [7, 11) is 1.65. The molecule has 1 aliphatic heterocycles. The minimum absolute atomic E-state index is 0.0433. The van der Waals surface area contributed by atoms with Crippen LogP contribution in [-0.4, -0.2) is 42.0 Å². The summed E-state index contributed by atoms with van der Waals surface area (Å²) in [6.07, 6.45) is -8.74. The molecule has 2 heterocycles. The van der Waals surface area contributed by atoms with Crippen LogP contribution in [0.25, 0.3) is 10.9 Å². The van der Waals surface area contributed by atoms with E-state index in [1.165, 1.54) is 23.2 Å². The number of nitrogens with one attached hydrogen (secondary N) is 1. The second-order valence-corrected chi connectivity index (χ2v) is 8.06. The Morgan fingerprint density at radius 2 is 1.74 bits per heavy atom. The van der Waals surface area contributed by atoms with Gasteiger partial charge in [-0.15, -0.1) is 0 Å². The van der Waals surface area contributed by atoms with Gasteiger partial charge in [0.05, 0.1) is 33.6 Å². The molecule has 2 aromatic carbocycles. The van der Waals surface area contributed by atoms with Gasteiger partial charge in [-0.05, 0) is 36.8 Å². The molecule has 0 aliphatic carbocycles. The Labute approximate surface area is 195 Å². The molecule has 4 rings (SSSR count).